The Morgan fingerprint density at radius 2 is 1.80 bits per heavy atom. The van der Waals surface area contributed by atoms with Crippen LogP contribution >= 0.6 is 0 Å². The van der Waals surface area contributed by atoms with Gasteiger partial charge in [0.05, 0.1) is 6.04 Å². The lowest BCUT2D eigenvalue weighted by molar-refractivity contribution is -0.142. The molecule has 0 aromatic carbocycles. The molecule has 1 fully saturated rings. The van der Waals surface area contributed by atoms with Crippen LogP contribution in [0, 0.1) is 0 Å². The Balaban J connectivity index is 2.43. The molecule has 20 heavy (non-hydrogen) atoms. The summed E-state index contributed by atoms with van der Waals surface area (Å²) in [7, 11) is 0. The molecule has 0 saturated carbocycles. The SMILES string of the molecule is CC(=O)NC(CNC(C)C(=O)N1CCCCC1)C(=O)O. The summed E-state index contributed by atoms with van der Waals surface area (Å²) < 4.78 is 0. The van der Waals surface area contributed by atoms with Crippen LogP contribution in [0.15, 0.2) is 0 Å². The molecule has 0 aromatic rings. The van der Waals surface area contributed by atoms with Crippen LogP contribution in [0.1, 0.15) is 33.1 Å². The van der Waals surface area contributed by atoms with Gasteiger partial charge in [0.2, 0.25) is 11.8 Å². The molecule has 1 heterocycles. The molecule has 1 rings (SSSR count). The van der Waals surface area contributed by atoms with Crippen molar-refractivity contribution in [3.05, 3.63) is 0 Å². The Kier molecular flexibility index (Phi) is 6.44. The topological polar surface area (TPSA) is 98.7 Å². The number of nitrogens with one attached hydrogen (secondary N) is 2. The van der Waals surface area contributed by atoms with E-state index in [0.717, 1.165) is 32.4 Å². The third-order valence-electron chi connectivity index (χ3n) is 3.34. The number of aliphatic carboxylic acids is 1. The summed E-state index contributed by atoms with van der Waals surface area (Å²) in [5.74, 6) is -1.55. The molecule has 2 amide bonds. The van der Waals surface area contributed by atoms with Crippen molar-refractivity contribution >= 4 is 17.8 Å². The number of rotatable bonds is 6. The van der Waals surface area contributed by atoms with Gasteiger partial charge < -0.3 is 20.6 Å². The van der Waals surface area contributed by atoms with Crippen LogP contribution < -0.4 is 10.6 Å². The smallest absolute Gasteiger partial charge is 0.327 e. The number of carboxylic acids is 1. The summed E-state index contributed by atoms with van der Waals surface area (Å²) in [6, 6.07) is -1.48. The van der Waals surface area contributed by atoms with Crippen molar-refractivity contribution in [2.24, 2.45) is 0 Å². The molecule has 0 spiro atoms. The molecule has 7 heteroatoms. The van der Waals surface area contributed by atoms with E-state index in [2.05, 4.69) is 10.6 Å². The Bertz CT molecular complexity index is 367. The third-order valence-corrected chi connectivity index (χ3v) is 3.34. The zero-order chi connectivity index (χ0) is 15.1. The highest BCUT2D eigenvalue weighted by molar-refractivity contribution is 5.83. The number of hydrogen-bond donors (Lipinski definition) is 3. The number of carbonyl (C=O) groups is 3. The molecular formula is C13H23N3O4. The Morgan fingerprint density at radius 3 is 2.30 bits per heavy atom. The van der Waals surface area contributed by atoms with Crippen molar-refractivity contribution in [1.82, 2.24) is 15.5 Å². The molecule has 0 bridgehead atoms. The van der Waals surface area contributed by atoms with E-state index in [9.17, 15) is 14.4 Å². The highest BCUT2D eigenvalue weighted by atomic mass is 16.4. The molecule has 0 radical (unpaired) electrons. The summed E-state index contributed by atoms with van der Waals surface area (Å²) >= 11 is 0. The van der Waals surface area contributed by atoms with Crippen molar-refractivity contribution in [3.8, 4) is 0 Å². The van der Waals surface area contributed by atoms with Gasteiger partial charge in [0.15, 0.2) is 0 Å². The molecule has 3 N–H and O–H groups in total. The van der Waals surface area contributed by atoms with Gasteiger partial charge in [0, 0.05) is 26.6 Å². The fourth-order valence-corrected chi connectivity index (χ4v) is 2.22. The quantitative estimate of drug-likeness (QED) is 0.615. The second kappa shape index (κ2) is 7.84. The zero-order valence-corrected chi connectivity index (χ0v) is 12.0. The monoisotopic (exact) mass is 285 g/mol. The molecule has 2 atom stereocenters. The maximum absolute atomic E-state index is 12.1. The van der Waals surface area contributed by atoms with Gasteiger partial charge in [-0.3, -0.25) is 9.59 Å². The van der Waals surface area contributed by atoms with Crippen LogP contribution in [0.4, 0.5) is 0 Å². The lowest BCUT2D eigenvalue weighted by Gasteiger charge is -2.30. The van der Waals surface area contributed by atoms with E-state index in [1.807, 2.05) is 0 Å². The first-order chi connectivity index (χ1) is 9.41. The summed E-state index contributed by atoms with van der Waals surface area (Å²) in [6.45, 7) is 4.52. The van der Waals surface area contributed by atoms with Gasteiger partial charge in [-0.15, -0.1) is 0 Å². The summed E-state index contributed by atoms with van der Waals surface area (Å²) in [6.07, 6.45) is 3.18. The fraction of sp³-hybridized carbons (Fsp3) is 0.769. The summed E-state index contributed by atoms with van der Waals surface area (Å²) in [5, 5.41) is 14.2. The van der Waals surface area contributed by atoms with Crippen molar-refractivity contribution in [3.63, 3.8) is 0 Å². The van der Waals surface area contributed by atoms with Crippen LogP contribution in [0.2, 0.25) is 0 Å². The number of hydrogen-bond acceptors (Lipinski definition) is 4. The first kappa shape index (κ1) is 16.4. The minimum Gasteiger partial charge on any atom is -0.480 e. The fourth-order valence-electron chi connectivity index (χ4n) is 2.22. The Morgan fingerprint density at radius 1 is 1.20 bits per heavy atom. The summed E-state index contributed by atoms with van der Waals surface area (Å²) in [4.78, 5) is 35.8. The van der Waals surface area contributed by atoms with Crippen molar-refractivity contribution in [2.75, 3.05) is 19.6 Å². The lowest BCUT2D eigenvalue weighted by atomic mass is 10.1. The number of carbonyl (C=O) groups excluding carboxylic acids is 2. The normalized spacial score (nSPS) is 18.2. The van der Waals surface area contributed by atoms with E-state index in [-0.39, 0.29) is 12.5 Å². The second-order valence-corrected chi connectivity index (χ2v) is 5.11. The minimum absolute atomic E-state index is 0.0170. The first-order valence-electron chi connectivity index (χ1n) is 6.94. The number of carboxylic acid groups (broad SMARTS) is 1. The Labute approximate surface area is 118 Å². The second-order valence-electron chi connectivity index (χ2n) is 5.11. The van der Waals surface area contributed by atoms with Gasteiger partial charge in [-0.05, 0) is 26.2 Å². The van der Waals surface area contributed by atoms with Gasteiger partial charge in [0.25, 0.3) is 0 Å². The van der Waals surface area contributed by atoms with Gasteiger partial charge in [-0.2, -0.15) is 0 Å². The predicted octanol–water partition coefficient (Wildman–Crippen LogP) is -0.434. The van der Waals surface area contributed by atoms with Gasteiger partial charge >= 0.3 is 5.97 Å². The molecule has 0 aromatic heterocycles. The number of amides is 2. The van der Waals surface area contributed by atoms with E-state index < -0.39 is 24.0 Å². The highest BCUT2D eigenvalue weighted by Gasteiger charge is 2.24. The van der Waals surface area contributed by atoms with Crippen molar-refractivity contribution in [1.29, 1.82) is 0 Å². The van der Waals surface area contributed by atoms with E-state index in [1.165, 1.54) is 6.92 Å². The average molecular weight is 285 g/mol. The average Bonchev–Trinajstić information content (AvgIpc) is 2.42. The van der Waals surface area contributed by atoms with E-state index in [0.29, 0.717) is 0 Å². The third kappa shape index (κ3) is 5.16. The van der Waals surface area contributed by atoms with E-state index in [4.69, 9.17) is 5.11 Å². The minimum atomic E-state index is -1.12. The maximum atomic E-state index is 12.1. The molecule has 1 aliphatic rings. The van der Waals surface area contributed by atoms with E-state index in [1.54, 1.807) is 11.8 Å². The molecule has 0 aliphatic carbocycles. The largest absolute Gasteiger partial charge is 0.480 e. The van der Waals surface area contributed by atoms with Crippen molar-refractivity contribution in [2.45, 2.75) is 45.2 Å². The van der Waals surface area contributed by atoms with E-state index >= 15 is 0 Å². The van der Waals surface area contributed by atoms with Gasteiger partial charge in [0.1, 0.15) is 6.04 Å². The molecular weight excluding hydrogens is 262 g/mol. The molecule has 1 saturated heterocycles. The maximum Gasteiger partial charge on any atom is 0.327 e. The first-order valence-corrected chi connectivity index (χ1v) is 6.94. The van der Waals surface area contributed by atoms with Crippen LogP contribution in [-0.4, -0.2) is 59.5 Å². The molecule has 2 unspecified atom stereocenters. The Hall–Kier alpha value is -1.63. The van der Waals surface area contributed by atoms with Crippen LogP contribution in [0.25, 0.3) is 0 Å². The van der Waals surface area contributed by atoms with Crippen molar-refractivity contribution < 1.29 is 19.5 Å². The van der Waals surface area contributed by atoms with Gasteiger partial charge in [-0.1, -0.05) is 0 Å². The predicted molar refractivity (Wildman–Crippen MR) is 73.1 cm³/mol. The van der Waals surface area contributed by atoms with Crippen LogP contribution in [0.5, 0.6) is 0 Å². The number of likely N-dealkylation sites (tertiary alicyclic amines) is 1. The standard InChI is InChI=1S/C13H23N3O4/c1-9(12(18)16-6-4-3-5-7-16)14-8-11(13(19)20)15-10(2)17/h9,11,14H,3-8H2,1-2H3,(H,15,17)(H,19,20). The molecule has 7 nitrogen and oxygen atoms in total. The zero-order valence-electron chi connectivity index (χ0n) is 12.0. The van der Waals surface area contributed by atoms with Crippen LogP contribution in [-0.2, 0) is 14.4 Å². The molecule has 1 aliphatic heterocycles. The highest BCUT2D eigenvalue weighted by Crippen LogP contribution is 2.09. The molecule has 114 valence electrons. The van der Waals surface area contributed by atoms with Gasteiger partial charge in [-0.25, -0.2) is 4.79 Å². The number of piperidine rings is 1. The number of nitrogens with zero attached hydrogens (tertiary/aromatic N) is 1. The summed E-state index contributed by atoms with van der Waals surface area (Å²) in [5.41, 5.74) is 0. The lowest BCUT2D eigenvalue weighted by Crippen LogP contribution is -2.52. The van der Waals surface area contributed by atoms with Crippen LogP contribution in [0.3, 0.4) is 0 Å².